The number of H-pyrrole nitrogens is 1. The number of hydrogen-bond donors (Lipinski definition) is 2. The summed E-state index contributed by atoms with van der Waals surface area (Å²) in [4.78, 5) is 15.5. The lowest BCUT2D eigenvalue weighted by molar-refractivity contribution is 0.0730. The van der Waals surface area contributed by atoms with Gasteiger partial charge in [-0.25, -0.2) is 0 Å². The van der Waals surface area contributed by atoms with Crippen LogP contribution in [0.4, 0.5) is 0 Å². The molecule has 5 rings (SSSR count). The van der Waals surface area contributed by atoms with Crippen molar-refractivity contribution in [3.8, 4) is 28.5 Å². The van der Waals surface area contributed by atoms with Crippen LogP contribution in [0.15, 0.2) is 66.7 Å². The first-order chi connectivity index (χ1) is 18.5. The number of aromatic hydroxyl groups is 1. The molecular formula is C30H30ClN3O4. The average molecular weight is 532 g/mol. The molecule has 0 saturated heterocycles. The minimum absolute atomic E-state index is 0.0410. The van der Waals surface area contributed by atoms with Gasteiger partial charge in [0.1, 0.15) is 28.6 Å². The standard InChI is InChI=1S/C30H30ClN3O4/c1-3-4-5-16-38-23-13-8-20(9-14-23)29-26-27(24-17-21(31)10-15-25(24)35)32-33-28(26)30(36)34(29)18-19-6-11-22(37-2)12-7-19/h6-15,17,29,35H,3-5,16,18H2,1-2H3,(H,32,33). The molecule has 7 nitrogen and oxygen atoms in total. The molecule has 196 valence electrons. The van der Waals surface area contributed by atoms with Crippen molar-refractivity contribution in [3.63, 3.8) is 0 Å². The first-order valence-electron chi connectivity index (χ1n) is 12.7. The van der Waals surface area contributed by atoms with Crippen LogP contribution in [0.2, 0.25) is 5.02 Å². The molecule has 1 unspecified atom stereocenters. The van der Waals surface area contributed by atoms with Crippen LogP contribution in [-0.2, 0) is 6.54 Å². The Morgan fingerprint density at radius 3 is 2.47 bits per heavy atom. The molecule has 0 bridgehead atoms. The molecule has 0 spiro atoms. The number of phenols is 1. The van der Waals surface area contributed by atoms with Gasteiger partial charge < -0.3 is 19.5 Å². The minimum atomic E-state index is -0.430. The fourth-order valence-electron chi connectivity index (χ4n) is 4.83. The summed E-state index contributed by atoms with van der Waals surface area (Å²) in [5.41, 5.74) is 3.95. The van der Waals surface area contributed by atoms with Crippen LogP contribution < -0.4 is 9.47 Å². The first kappa shape index (κ1) is 25.7. The maximum atomic E-state index is 13.7. The highest BCUT2D eigenvalue weighted by Crippen LogP contribution is 2.45. The molecule has 1 amide bonds. The Labute approximate surface area is 227 Å². The van der Waals surface area contributed by atoms with E-state index < -0.39 is 6.04 Å². The third-order valence-electron chi connectivity index (χ3n) is 6.80. The second kappa shape index (κ2) is 11.2. The second-order valence-corrected chi connectivity index (χ2v) is 9.77. The van der Waals surface area contributed by atoms with E-state index in [4.69, 9.17) is 21.1 Å². The van der Waals surface area contributed by atoms with E-state index in [1.807, 2.05) is 53.4 Å². The van der Waals surface area contributed by atoms with Crippen molar-refractivity contribution < 1.29 is 19.4 Å². The zero-order chi connectivity index (χ0) is 26.6. The molecule has 38 heavy (non-hydrogen) atoms. The van der Waals surface area contributed by atoms with E-state index in [1.54, 1.807) is 19.2 Å². The van der Waals surface area contributed by atoms with Crippen molar-refractivity contribution in [2.45, 2.75) is 38.8 Å². The summed E-state index contributed by atoms with van der Waals surface area (Å²) in [5.74, 6) is 1.41. The average Bonchev–Trinajstić information content (AvgIpc) is 3.48. The highest BCUT2D eigenvalue weighted by atomic mass is 35.5. The van der Waals surface area contributed by atoms with Crippen molar-refractivity contribution in [3.05, 3.63) is 94.1 Å². The number of aromatic nitrogens is 2. The second-order valence-electron chi connectivity index (χ2n) is 9.33. The van der Waals surface area contributed by atoms with Crippen LogP contribution in [0.5, 0.6) is 17.2 Å². The van der Waals surface area contributed by atoms with Gasteiger partial charge in [-0.3, -0.25) is 9.89 Å². The van der Waals surface area contributed by atoms with Crippen LogP contribution in [0, 0.1) is 0 Å². The fourth-order valence-corrected chi connectivity index (χ4v) is 5.00. The molecule has 4 aromatic rings. The zero-order valence-electron chi connectivity index (χ0n) is 21.4. The molecule has 1 aliphatic rings. The van der Waals surface area contributed by atoms with Gasteiger partial charge in [0.25, 0.3) is 5.91 Å². The van der Waals surface area contributed by atoms with Crippen LogP contribution in [0.25, 0.3) is 11.3 Å². The number of unbranched alkanes of at least 4 members (excludes halogenated alkanes) is 2. The number of amides is 1. The Balaban J connectivity index is 1.53. The van der Waals surface area contributed by atoms with Crippen LogP contribution in [-0.4, -0.2) is 39.8 Å². The molecular weight excluding hydrogens is 502 g/mol. The number of carbonyl (C=O) groups excluding carboxylic acids is 1. The number of fused-ring (bicyclic) bond motifs is 1. The monoisotopic (exact) mass is 531 g/mol. The minimum Gasteiger partial charge on any atom is -0.507 e. The molecule has 3 aromatic carbocycles. The smallest absolute Gasteiger partial charge is 0.273 e. The number of halogens is 1. The van der Waals surface area contributed by atoms with Crippen molar-refractivity contribution in [2.75, 3.05) is 13.7 Å². The van der Waals surface area contributed by atoms with Crippen molar-refractivity contribution in [1.82, 2.24) is 15.1 Å². The molecule has 2 heterocycles. The van der Waals surface area contributed by atoms with Gasteiger partial charge in [-0.1, -0.05) is 55.6 Å². The highest BCUT2D eigenvalue weighted by molar-refractivity contribution is 6.31. The van der Waals surface area contributed by atoms with E-state index in [1.165, 1.54) is 6.07 Å². The van der Waals surface area contributed by atoms with Gasteiger partial charge in [0.2, 0.25) is 0 Å². The number of nitrogens with zero attached hydrogens (tertiary/aromatic N) is 2. The Kier molecular flexibility index (Phi) is 7.56. The number of carbonyl (C=O) groups is 1. The van der Waals surface area contributed by atoms with Gasteiger partial charge in [0.05, 0.1) is 19.8 Å². The normalized spacial score (nSPS) is 14.6. The van der Waals surface area contributed by atoms with Gasteiger partial charge in [-0.05, 0) is 60.0 Å². The first-order valence-corrected chi connectivity index (χ1v) is 13.1. The third kappa shape index (κ3) is 5.07. The number of nitrogens with one attached hydrogen (secondary N) is 1. The number of benzene rings is 3. The fraction of sp³-hybridized carbons (Fsp3) is 0.267. The maximum Gasteiger partial charge on any atom is 0.273 e. The Hall–Kier alpha value is -3.97. The van der Waals surface area contributed by atoms with E-state index in [0.717, 1.165) is 41.9 Å². The Bertz CT molecular complexity index is 1420. The summed E-state index contributed by atoms with van der Waals surface area (Å²) in [6.07, 6.45) is 3.28. The number of rotatable bonds is 10. The summed E-state index contributed by atoms with van der Waals surface area (Å²) in [6.45, 7) is 3.21. The summed E-state index contributed by atoms with van der Waals surface area (Å²) < 4.78 is 11.2. The van der Waals surface area contributed by atoms with Crippen molar-refractivity contribution in [1.29, 1.82) is 0 Å². The maximum absolute atomic E-state index is 13.7. The topological polar surface area (TPSA) is 87.7 Å². The molecule has 1 atom stereocenters. The third-order valence-corrected chi connectivity index (χ3v) is 7.04. The quantitative estimate of drug-likeness (QED) is 0.221. The predicted molar refractivity (Wildman–Crippen MR) is 147 cm³/mol. The molecule has 0 saturated carbocycles. The number of phenolic OH excluding ortho intramolecular Hbond substituents is 1. The van der Waals surface area contributed by atoms with E-state index >= 15 is 0 Å². The lowest BCUT2D eigenvalue weighted by Gasteiger charge is -2.27. The molecule has 1 aliphatic heterocycles. The molecule has 2 N–H and O–H groups in total. The molecule has 8 heteroatoms. The number of aromatic amines is 1. The van der Waals surface area contributed by atoms with Crippen LogP contribution in [0.3, 0.4) is 0 Å². The summed E-state index contributed by atoms with van der Waals surface area (Å²) in [6, 6.07) is 19.9. The van der Waals surface area contributed by atoms with Gasteiger partial charge in [0.15, 0.2) is 0 Å². The number of methoxy groups -OCH3 is 1. The molecule has 0 radical (unpaired) electrons. The van der Waals surface area contributed by atoms with Crippen molar-refractivity contribution in [2.24, 2.45) is 0 Å². The SMILES string of the molecule is CCCCCOc1ccc(C2c3c(-c4cc(Cl)ccc4O)n[nH]c3C(=O)N2Cc2ccc(OC)cc2)cc1. The predicted octanol–water partition coefficient (Wildman–Crippen LogP) is 6.76. The zero-order valence-corrected chi connectivity index (χ0v) is 22.2. The lowest BCUT2D eigenvalue weighted by Crippen LogP contribution is -2.29. The largest absolute Gasteiger partial charge is 0.507 e. The van der Waals surface area contributed by atoms with Gasteiger partial charge in [0, 0.05) is 22.7 Å². The Morgan fingerprint density at radius 2 is 1.76 bits per heavy atom. The summed E-state index contributed by atoms with van der Waals surface area (Å²) >= 11 is 6.26. The van der Waals surface area contributed by atoms with E-state index in [2.05, 4.69) is 17.1 Å². The molecule has 1 aromatic heterocycles. The van der Waals surface area contributed by atoms with Gasteiger partial charge >= 0.3 is 0 Å². The van der Waals surface area contributed by atoms with Gasteiger partial charge in [-0.15, -0.1) is 0 Å². The van der Waals surface area contributed by atoms with E-state index in [0.29, 0.717) is 40.7 Å². The van der Waals surface area contributed by atoms with E-state index in [9.17, 15) is 9.90 Å². The number of ether oxygens (including phenoxy) is 2. The van der Waals surface area contributed by atoms with Crippen LogP contribution in [0.1, 0.15) is 59.4 Å². The summed E-state index contributed by atoms with van der Waals surface area (Å²) in [5, 5.41) is 18.5. The highest BCUT2D eigenvalue weighted by Gasteiger charge is 2.42. The molecule has 0 aliphatic carbocycles. The van der Waals surface area contributed by atoms with E-state index in [-0.39, 0.29) is 11.7 Å². The number of hydrogen-bond acceptors (Lipinski definition) is 5. The van der Waals surface area contributed by atoms with Gasteiger partial charge in [-0.2, -0.15) is 5.10 Å². The Morgan fingerprint density at radius 1 is 1.03 bits per heavy atom. The van der Waals surface area contributed by atoms with Crippen molar-refractivity contribution >= 4 is 17.5 Å². The molecule has 0 fully saturated rings. The lowest BCUT2D eigenvalue weighted by atomic mass is 9.95. The van der Waals surface area contributed by atoms with Crippen LogP contribution >= 0.6 is 11.6 Å². The summed E-state index contributed by atoms with van der Waals surface area (Å²) in [7, 11) is 1.62.